The van der Waals surface area contributed by atoms with Crippen LogP contribution in [0.3, 0.4) is 0 Å². The second kappa shape index (κ2) is 6.23. The van der Waals surface area contributed by atoms with Gasteiger partial charge in [-0.05, 0) is 51.4 Å². The molecule has 1 amide bonds. The number of amides is 1. The summed E-state index contributed by atoms with van der Waals surface area (Å²) >= 11 is 0. The van der Waals surface area contributed by atoms with Crippen molar-refractivity contribution < 1.29 is 19.1 Å². The van der Waals surface area contributed by atoms with Crippen LogP contribution in [0.15, 0.2) is 48.5 Å². The first kappa shape index (κ1) is 17.0. The summed E-state index contributed by atoms with van der Waals surface area (Å²) in [5.41, 5.74) is 2.40. The van der Waals surface area contributed by atoms with E-state index in [0.717, 1.165) is 17.4 Å². The van der Waals surface area contributed by atoms with Crippen molar-refractivity contribution in [1.29, 1.82) is 0 Å². The van der Waals surface area contributed by atoms with E-state index in [-0.39, 0.29) is 17.9 Å². The number of hydrogen-bond acceptors (Lipinski definition) is 4. The molecule has 5 heteroatoms. The summed E-state index contributed by atoms with van der Waals surface area (Å²) < 4.78 is 10.0. The molecule has 1 fully saturated rings. The molecular weight excluding hydrogens is 354 g/mol. The van der Waals surface area contributed by atoms with Gasteiger partial charge in [0.15, 0.2) is 0 Å². The lowest BCUT2D eigenvalue weighted by Gasteiger charge is -2.28. The number of nitrogens with zero attached hydrogens (tertiary/aromatic N) is 1. The average molecular weight is 375 g/mol. The van der Waals surface area contributed by atoms with Crippen LogP contribution in [0.25, 0.3) is 21.5 Å². The molecule has 0 aromatic heterocycles. The van der Waals surface area contributed by atoms with E-state index in [1.54, 1.807) is 4.90 Å². The van der Waals surface area contributed by atoms with Crippen molar-refractivity contribution in [1.82, 2.24) is 4.90 Å². The SMILES string of the molecule is COC(=O)[C@@H]1C[C@H]2Cc3ccc4ccc5ccccc5c4c3[C@H]2N1C(=O)OC. The maximum atomic E-state index is 12.7. The number of ether oxygens (including phenoxy) is 2. The summed E-state index contributed by atoms with van der Waals surface area (Å²) in [6.45, 7) is 0. The highest BCUT2D eigenvalue weighted by Crippen LogP contribution is 2.52. The van der Waals surface area contributed by atoms with Crippen LogP contribution in [0.4, 0.5) is 4.79 Å². The molecule has 3 aromatic rings. The first-order valence-corrected chi connectivity index (χ1v) is 9.51. The zero-order valence-corrected chi connectivity index (χ0v) is 15.8. The van der Waals surface area contributed by atoms with Crippen molar-refractivity contribution in [2.24, 2.45) is 5.92 Å². The molecule has 1 aliphatic heterocycles. The van der Waals surface area contributed by atoms with Crippen molar-refractivity contribution in [2.45, 2.75) is 24.9 Å². The highest BCUT2D eigenvalue weighted by atomic mass is 16.5. The second-order valence-corrected chi connectivity index (χ2v) is 7.58. The van der Waals surface area contributed by atoms with Crippen molar-refractivity contribution in [3.05, 3.63) is 59.7 Å². The van der Waals surface area contributed by atoms with Gasteiger partial charge in [0.25, 0.3) is 0 Å². The molecule has 1 aliphatic carbocycles. The fourth-order valence-corrected chi connectivity index (χ4v) is 5.18. The highest BCUT2D eigenvalue weighted by molar-refractivity contribution is 6.10. The number of likely N-dealkylation sites (tertiary alicyclic amines) is 1. The molecule has 3 atom stereocenters. The fraction of sp³-hybridized carbons (Fsp3) is 0.304. The Kier molecular flexibility index (Phi) is 3.79. The molecule has 5 nitrogen and oxygen atoms in total. The minimum Gasteiger partial charge on any atom is -0.467 e. The predicted octanol–water partition coefficient (Wildman–Crippen LogP) is 4.22. The largest absolute Gasteiger partial charge is 0.467 e. The van der Waals surface area contributed by atoms with E-state index in [2.05, 4.69) is 36.4 Å². The first-order valence-electron chi connectivity index (χ1n) is 9.51. The molecule has 1 saturated heterocycles. The summed E-state index contributed by atoms with van der Waals surface area (Å²) in [6.07, 6.45) is 0.959. The Balaban J connectivity index is 1.77. The lowest BCUT2D eigenvalue weighted by atomic mass is 9.93. The number of hydrogen-bond donors (Lipinski definition) is 0. The van der Waals surface area contributed by atoms with Gasteiger partial charge >= 0.3 is 12.1 Å². The molecule has 0 bridgehead atoms. The molecule has 1 heterocycles. The van der Waals surface area contributed by atoms with Gasteiger partial charge in [-0.3, -0.25) is 4.90 Å². The predicted molar refractivity (Wildman–Crippen MR) is 106 cm³/mol. The summed E-state index contributed by atoms with van der Waals surface area (Å²) in [5, 5.41) is 4.65. The third-order valence-electron chi connectivity index (χ3n) is 6.29. The quantitative estimate of drug-likeness (QED) is 0.472. The van der Waals surface area contributed by atoms with Crippen molar-refractivity contribution in [3.63, 3.8) is 0 Å². The smallest absolute Gasteiger partial charge is 0.410 e. The third kappa shape index (κ3) is 2.25. The van der Waals surface area contributed by atoms with Crippen LogP contribution in [-0.4, -0.2) is 37.2 Å². The van der Waals surface area contributed by atoms with E-state index in [1.165, 1.54) is 35.9 Å². The molecule has 0 N–H and O–H groups in total. The van der Waals surface area contributed by atoms with Crippen LogP contribution < -0.4 is 0 Å². The molecule has 0 radical (unpaired) electrons. The summed E-state index contributed by atoms with van der Waals surface area (Å²) in [5.74, 6) is -0.200. The van der Waals surface area contributed by atoms with Crippen LogP contribution in [0.5, 0.6) is 0 Å². The summed E-state index contributed by atoms with van der Waals surface area (Å²) in [7, 11) is 2.72. The Morgan fingerprint density at radius 3 is 2.50 bits per heavy atom. The van der Waals surface area contributed by atoms with E-state index < -0.39 is 12.1 Å². The maximum absolute atomic E-state index is 12.7. The Morgan fingerprint density at radius 2 is 1.71 bits per heavy atom. The van der Waals surface area contributed by atoms with Gasteiger partial charge < -0.3 is 9.47 Å². The van der Waals surface area contributed by atoms with Crippen LogP contribution in [0, 0.1) is 5.92 Å². The van der Waals surface area contributed by atoms with Gasteiger partial charge in [0.1, 0.15) is 6.04 Å². The lowest BCUT2D eigenvalue weighted by molar-refractivity contribution is -0.145. The Labute approximate surface area is 162 Å². The van der Waals surface area contributed by atoms with Gasteiger partial charge in [-0.25, -0.2) is 9.59 Å². The maximum Gasteiger partial charge on any atom is 0.410 e. The van der Waals surface area contributed by atoms with Crippen LogP contribution >= 0.6 is 0 Å². The molecule has 142 valence electrons. The second-order valence-electron chi connectivity index (χ2n) is 7.58. The van der Waals surface area contributed by atoms with Gasteiger partial charge in [0.05, 0.1) is 20.3 Å². The zero-order chi connectivity index (χ0) is 19.4. The molecule has 28 heavy (non-hydrogen) atoms. The number of fused-ring (bicyclic) bond motifs is 7. The Bertz CT molecular complexity index is 1120. The number of carbonyl (C=O) groups is 2. The Hall–Kier alpha value is -3.08. The van der Waals surface area contributed by atoms with Gasteiger partial charge in [-0.2, -0.15) is 0 Å². The molecule has 0 unspecified atom stereocenters. The number of esters is 1. The lowest BCUT2D eigenvalue weighted by Crippen LogP contribution is -2.42. The molecule has 5 rings (SSSR count). The molecule has 0 spiro atoms. The molecule has 2 aliphatic rings. The first-order chi connectivity index (χ1) is 13.6. The molecule has 3 aromatic carbocycles. The normalized spacial score (nSPS) is 22.9. The van der Waals surface area contributed by atoms with Crippen molar-refractivity contribution in [2.75, 3.05) is 14.2 Å². The summed E-state index contributed by atoms with van der Waals surface area (Å²) in [4.78, 5) is 26.7. The van der Waals surface area contributed by atoms with Crippen LogP contribution in [-0.2, 0) is 20.7 Å². The van der Waals surface area contributed by atoms with E-state index in [1.807, 2.05) is 12.1 Å². The topological polar surface area (TPSA) is 55.8 Å². The van der Waals surface area contributed by atoms with Crippen LogP contribution in [0.2, 0.25) is 0 Å². The molecular formula is C23H21NO4. The highest BCUT2D eigenvalue weighted by Gasteiger charge is 2.52. The van der Waals surface area contributed by atoms with Crippen LogP contribution in [0.1, 0.15) is 23.6 Å². The monoisotopic (exact) mass is 375 g/mol. The summed E-state index contributed by atoms with van der Waals surface area (Å²) in [6, 6.07) is 16.1. The standard InChI is InChI=1S/C23H21NO4/c1-27-22(25)18-12-16-11-15-10-9-14-8-7-13-5-3-4-6-17(13)19(14)20(15)21(16)24(18)23(26)28-2/h3-10,16,18,21H,11-12H2,1-2H3/t16-,18+,21+/m1/s1. The third-order valence-corrected chi connectivity index (χ3v) is 6.29. The van der Waals surface area contributed by atoms with E-state index in [0.29, 0.717) is 6.42 Å². The van der Waals surface area contributed by atoms with Gasteiger partial charge in [0.2, 0.25) is 0 Å². The Morgan fingerprint density at radius 1 is 0.964 bits per heavy atom. The zero-order valence-electron chi connectivity index (χ0n) is 15.8. The number of methoxy groups -OCH3 is 2. The van der Waals surface area contributed by atoms with Crippen molar-refractivity contribution >= 4 is 33.6 Å². The van der Waals surface area contributed by atoms with E-state index in [9.17, 15) is 9.59 Å². The molecule has 0 saturated carbocycles. The number of carbonyl (C=O) groups excluding carboxylic acids is 2. The van der Waals surface area contributed by atoms with E-state index >= 15 is 0 Å². The van der Waals surface area contributed by atoms with Gasteiger partial charge in [-0.15, -0.1) is 0 Å². The average Bonchev–Trinajstić information content (AvgIpc) is 3.28. The minimum absolute atomic E-state index is 0.180. The van der Waals surface area contributed by atoms with Gasteiger partial charge in [0, 0.05) is 0 Å². The number of benzene rings is 3. The van der Waals surface area contributed by atoms with Gasteiger partial charge in [-0.1, -0.05) is 48.5 Å². The number of rotatable bonds is 1. The minimum atomic E-state index is -0.606. The van der Waals surface area contributed by atoms with Crippen molar-refractivity contribution in [3.8, 4) is 0 Å². The van der Waals surface area contributed by atoms with E-state index in [4.69, 9.17) is 9.47 Å². The fourth-order valence-electron chi connectivity index (χ4n) is 5.18.